The average Bonchev–Trinajstić information content (AvgIpc) is 2.99. The van der Waals surface area contributed by atoms with Crippen LogP contribution in [0.1, 0.15) is 200 Å². The molecule has 0 aromatic heterocycles. The highest BCUT2D eigenvalue weighted by Gasteiger charge is 2.20. The van der Waals surface area contributed by atoms with Gasteiger partial charge in [0.05, 0.1) is 6.10 Å². The topological polar surface area (TPSA) is 86.6 Å². The predicted molar refractivity (Wildman–Crippen MR) is 188 cm³/mol. The first-order valence-corrected chi connectivity index (χ1v) is 19.9. The number of carboxylic acid groups (broad SMARTS) is 1. The molecule has 0 unspecified atom stereocenters. The van der Waals surface area contributed by atoms with Crippen molar-refractivity contribution >= 4 is 23.6 Å². The number of carbonyl (C=O) groups excluding carboxylic acids is 1. The zero-order chi connectivity index (χ0) is 31.6. The Hall–Kier alpha value is -0.750. The van der Waals surface area contributed by atoms with E-state index in [9.17, 15) is 19.8 Å². The van der Waals surface area contributed by atoms with Gasteiger partial charge < -0.3 is 15.5 Å². The molecule has 0 fully saturated rings. The van der Waals surface area contributed by atoms with Gasteiger partial charge in [-0.1, -0.05) is 181 Å². The highest BCUT2D eigenvalue weighted by molar-refractivity contribution is 7.99. The lowest BCUT2D eigenvalue weighted by Crippen LogP contribution is -2.42. The van der Waals surface area contributed by atoms with E-state index in [2.05, 4.69) is 19.2 Å². The number of aliphatic carboxylic acids is 1. The maximum Gasteiger partial charge on any atom is 0.327 e. The third-order valence-corrected chi connectivity index (χ3v) is 9.82. The molecule has 0 spiro atoms. The Morgan fingerprint density at radius 1 is 0.535 bits per heavy atom. The average molecular weight is 628 g/mol. The quantitative estimate of drug-likeness (QED) is 0.0609. The Balaban J connectivity index is 3.62. The third kappa shape index (κ3) is 32.5. The summed E-state index contributed by atoms with van der Waals surface area (Å²) in [4.78, 5) is 23.9. The summed E-state index contributed by atoms with van der Waals surface area (Å²) < 4.78 is 0. The maximum atomic E-state index is 12.3. The molecule has 0 aliphatic rings. The van der Waals surface area contributed by atoms with Crippen LogP contribution in [-0.2, 0) is 9.59 Å². The number of nitrogens with one attached hydrogen (secondary N) is 1. The minimum absolute atomic E-state index is 0.168. The second-order valence-corrected chi connectivity index (χ2v) is 14.1. The first kappa shape index (κ1) is 42.2. The molecule has 0 heterocycles. The van der Waals surface area contributed by atoms with E-state index in [0.29, 0.717) is 17.9 Å². The van der Waals surface area contributed by atoms with Gasteiger partial charge in [-0.25, -0.2) is 4.79 Å². The number of aliphatic hydroxyl groups is 1. The van der Waals surface area contributed by atoms with Crippen LogP contribution < -0.4 is 5.32 Å². The van der Waals surface area contributed by atoms with Gasteiger partial charge in [0.15, 0.2) is 0 Å². The summed E-state index contributed by atoms with van der Waals surface area (Å²) in [6.45, 7) is 4.53. The zero-order valence-electron chi connectivity index (χ0n) is 28.7. The van der Waals surface area contributed by atoms with E-state index in [1.807, 2.05) is 0 Å². The van der Waals surface area contributed by atoms with E-state index in [0.717, 1.165) is 38.5 Å². The van der Waals surface area contributed by atoms with Gasteiger partial charge in [0.2, 0.25) is 5.91 Å². The highest BCUT2D eigenvalue weighted by Crippen LogP contribution is 2.16. The molecule has 2 atom stereocenters. The number of carboxylic acids is 1. The Labute approximate surface area is 271 Å². The molecule has 5 nitrogen and oxygen atoms in total. The Morgan fingerprint density at radius 3 is 1.26 bits per heavy atom. The van der Waals surface area contributed by atoms with Crippen molar-refractivity contribution in [2.45, 2.75) is 212 Å². The highest BCUT2D eigenvalue weighted by atomic mass is 32.2. The fourth-order valence-corrected chi connectivity index (χ4v) is 6.76. The molecule has 256 valence electrons. The molecule has 0 saturated carbocycles. The van der Waals surface area contributed by atoms with Crippen molar-refractivity contribution in [3.63, 3.8) is 0 Å². The molecule has 0 rings (SSSR count). The van der Waals surface area contributed by atoms with Crippen molar-refractivity contribution in [2.75, 3.05) is 11.5 Å². The molecule has 0 saturated heterocycles. The predicted octanol–water partition coefficient (Wildman–Crippen LogP) is 11.0. The number of hydrogen-bond acceptors (Lipinski definition) is 4. The van der Waals surface area contributed by atoms with Crippen molar-refractivity contribution in [3.8, 4) is 0 Å². The first-order chi connectivity index (χ1) is 21.0. The van der Waals surface area contributed by atoms with Gasteiger partial charge in [-0.2, -0.15) is 11.8 Å². The number of carbonyl (C=O) groups is 2. The minimum Gasteiger partial charge on any atom is -0.480 e. The molecule has 3 N–H and O–H groups in total. The van der Waals surface area contributed by atoms with Gasteiger partial charge in [0, 0.05) is 17.9 Å². The summed E-state index contributed by atoms with van der Waals surface area (Å²) in [7, 11) is 0. The van der Waals surface area contributed by atoms with E-state index in [-0.39, 0.29) is 5.91 Å². The van der Waals surface area contributed by atoms with Gasteiger partial charge in [-0.3, -0.25) is 4.79 Å². The fraction of sp³-hybridized carbons (Fsp3) is 0.946. The van der Waals surface area contributed by atoms with Gasteiger partial charge in [0.25, 0.3) is 0 Å². The van der Waals surface area contributed by atoms with Gasteiger partial charge in [-0.05, 0) is 12.8 Å². The number of hydrogen-bond donors (Lipinski definition) is 3. The summed E-state index contributed by atoms with van der Waals surface area (Å²) in [5, 5.41) is 22.5. The maximum absolute atomic E-state index is 12.3. The van der Waals surface area contributed by atoms with Crippen LogP contribution in [-0.4, -0.2) is 45.7 Å². The summed E-state index contributed by atoms with van der Waals surface area (Å²) in [6.07, 6.45) is 35.7. The van der Waals surface area contributed by atoms with Crippen molar-refractivity contribution in [1.29, 1.82) is 0 Å². The summed E-state index contributed by atoms with van der Waals surface area (Å²) in [5.41, 5.74) is 0. The second-order valence-electron chi connectivity index (χ2n) is 13.0. The molecule has 0 aliphatic heterocycles. The van der Waals surface area contributed by atoms with Crippen LogP contribution in [0.25, 0.3) is 0 Å². The van der Waals surface area contributed by atoms with Crippen LogP contribution in [0.4, 0.5) is 0 Å². The van der Waals surface area contributed by atoms with Crippen LogP contribution >= 0.6 is 11.8 Å². The molecule has 1 amide bonds. The molecule has 43 heavy (non-hydrogen) atoms. The van der Waals surface area contributed by atoms with Crippen LogP contribution in [0.3, 0.4) is 0 Å². The summed E-state index contributed by atoms with van der Waals surface area (Å²) >= 11 is 1.43. The zero-order valence-corrected chi connectivity index (χ0v) is 29.5. The smallest absolute Gasteiger partial charge is 0.327 e. The minimum atomic E-state index is -0.993. The molecule has 6 heteroatoms. The van der Waals surface area contributed by atoms with E-state index < -0.39 is 18.1 Å². The fourth-order valence-electron chi connectivity index (χ4n) is 5.72. The number of amides is 1. The van der Waals surface area contributed by atoms with Crippen LogP contribution in [0.5, 0.6) is 0 Å². The normalized spacial score (nSPS) is 12.8. The van der Waals surface area contributed by atoms with Gasteiger partial charge >= 0.3 is 5.97 Å². The first-order valence-electron chi connectivity index (χ1n) is 18.8. The molecule has 0 aliphatic carbocycles. The number of rotatable bonds is 35. The third-order valence-electron chi connectivity index (χ3n) is 8.63. The van der Waals surface area contributed by atoms with E-state index >= 15 is 0 Å². The van der Waals surface area contributed by atoms with Crippen LogP contribution in [0.15, 0.2) is 0 Å². The Bertz CT molecular complexity index is 603. The van der Waals surface area contributed by atoms with Crippen molar-refractivity contribution in [1.82, 2.24) is 5.32 Å². The van der Waals surface area contributed by atoms with E-state index in [4.69, 9.17) is 0 Å². The standard InChI is InChI=1S/C37H73NO4S/c1-3-5-7-9-11-13-15-17-19-20-22-24-26-28-30-34(39)32-43-33-35(37(41)42)38-36(40)31-29-27-25-23-21-18-16-14-12-10-8-6-4-2/h34-35,39H,3-33H2,1-2H3,(H,38,40)(H,41,42)/t34-,35-/m0/s1. The van der Waals surface area contributed by atoms with Crippen molar-refractivity contribution < 1.29 is 19.8 Å². The summed E-state index contributed by atoms with van der Waals surface area (Å²) in [6, 6.07) is -0.882. The van der Waals surface area contributed by atoms with E-state index in [1.165, 1.54) is 153 Å². The van der Waals surface area contributed by atoms with Crippen LogP contribution in [0.2, 0.25) is 0 Å². The summed E-state index contributed by atoms with van der Waals surface area (Å²) in [5.74, 6) is -0.335. The monoisotopic (exact) mass is 628 g/mol. The lowest BCUT2D eigenvalue weighted by molar-refractivity contribution is -0.141. The van der Waals surface area contributed by atoms with Crippen molar-refractivity contribution in [3.05, 3.63) is 0 Å². The largest absolute Gasteiger partial charge is 0.480 e. The molecule has 0 aromatic rings. The lowest BCUT2D eigenvalue weighted by Gasteiger charge is -2.16. The Morgan fingerprint density at radius 2 is 0.884 bits per heavy atom. The number of aliphatic hydroxyl groups excluding tert-OH is 1. The SMILES string of the molecule is CCCCCCCCCCCCCCCC[C@H](O)CSC[C@H](NC(=O)CCCCCCCCCCCCCCC)C(=O)O. The van der Waals surface area contributed by atoms with Crippen LogP contribution in [0, 0.1) is 0 Å². The molecule has 0 bridgehead atoms. The van der Waals surface area contributed by atoms with Gasteiger partial charge in [-0.15, -0.1) is 0 Å². The number of unbranched alkanes of at least 4 members (excludes halogenated alkanes) is 25. The number of thioether (sulfide) groups is 1. The Kier molecular flexibility index (Phi) is 33.5. The molecule has 0 radical (unpaired) electrons. The van der Waals surface area contributed by atoms with Gasteiger partial charge in [0.1, 0.15) is 6.04 Å². The molecular weight excluding hydrogens is 554 g/mol. The van der Waals surface area contributed by atoms with Crippen molar-refractivity contribution in [2.24, 2.45) is 0 Å². The van der Waals surface area contributed by atoms with E-state index in [1.54, 1.807) is 0 Å². The second kappa shape index (κ2) is 34.1. The molecule has 0 aromatic carbocycles. The lowest BCUT2D eigenvalue weighted by atomic mass is 10.0. The molecular formula is C37H73NO4S.